The van der Waals surface area contributed by atoms with Crippen molar-refractivity contribution in [2.75, 3.05) is 7.05 Å². The van der Waals surface area contributed by atoms with Crippen molar-refractivity contribution < 1.29 is 9.53 Å². The molecule has 0 aromatic heterocycles. The lowest BCUT2D eigenvalue weighted by atomic mass is 10.1. The van der Waals surface area contributed by atoms with Gasteiger partial charge >= 0.3 is 5.97 Å². The fraction of sp³-hybridized carbons (Fsp3) is 0.308. The molecule has 1 rings (SSSR count). The Morgan fingerprint density at radius 1 is 1.44 bits per heavy atom. The van der Waals surface area contributed by atoms with Crippen LogP contribution in [0.5, 0.6) is 0 Å². The Labute approximate surface area is 96.1 Å². The van der Waals surface area contributed by atoms with Crippen molar-refractivity contribution in [1.29, 1.82) is 0 Å². The molecule has 3 nitrogen and oxygen atoms in total. The van der Waals surface area contributed by atoms with Gasteiger partial charge in [-0.05, 0) is 19.5 Å². The lowest BCUT2D eigenvalue weighted by Gasteiger charge is -2.14. The highest BCUT2D eigenvalue weighted by Crippen LogP contribution is 2.05. The zero-order chi connectivity index (χ0) is 12.0. The van der Waals surface area contributed by atoms with Crippen LogP contribution < -0.4 is 5.32 Å². The van der Waals surface area contributed by atoms with E-state index in [1.807, 2.05) is 30.3 Å². The van der Waals surface area contributed by atoms with Gasteiger partial charge in [0.25, 0.3) is 0 Å². The van der Waals surface area contributed by atoms with Gasteiger partial charge < -0.3 is 10.1 Å². The second-order valence-electron chi connectivity index (χ2n) is 3.66. The quantitative estimate of drug-likeness (QED) is 0.607. The van der Waals surface area contributed by atoms with Crippen LogP contribution in [-0.2, 0) is 16.1 Å². The van der Waals surface area contributed by atoms with Gasteiger partial charge in [0.05, 0.1) is 0 Å². The minimum absolute atomic E-state index is 0.293. The molecule has 1 atom stereocenters. The van der Waals surface area contributed by atoms with Gasteiger partial charge in [-0.3, -0.25) is 0 Å². The maximum absolute atomic E-state index is 11.6. The molecule has 0 spiro atoms. The zero-order valence-corrected chi connectivity index (χ0v) is 9.69. The van der Waals surface area contributed by atoms with Gasteiger partial charge in [0.2, 0.25) is 0 Å². The maximum Gasteiger partial charge on any atom is 0.327 e. The molecule has 0 fully saturated rings. The lowest BCUT2D eigenvalue weighted by molar-refractivity contribution is -0.146. The largest absolute Gasteiger partial charge is 0.459 e. The fourth-order valence-electron chi connectivity index (χ4n) is 1.38. The summed E-state index contributed by atoms with van der Waals surface area (Å²) in [5.41, 5.74) is 1.73. The number of nitrogens with one attached hydrogen (secondary N) is 1. The van der Waals surface area contributed by atoms with Gasteiger partial charge in [-0.2, -0.15) is 0 Å². The molecule has 0 saturated carbocycles. The third-order valence-electron chi connectivity index (χ3n) is 2.24. The third-order valence-corrected chi connectivity index (χ3v) is 2.24. The van der Waals surface area contributed by atoms with Crippen molar-refractivity contribution in [3.8, 4) is 0 Å². The van der Waals surface area contributed by atoms with Crippen LogP contribution in [0.4, 0.5) is 0 Å². The van der Waals surface area contributed by atoms with E-state index in [1.165, 1.54) is 0 Å². The molecule has 1 unspecified atom stereocenters. The summed E-state index contributed by atoms with van der Waals surface area (Å²) in [7, 11) is 1.71. The van der Waals surface area contributed by atoms with Crippen molar-refractivity contribution >= 4 is 5.97 Å². The number of benzene rings is 1. The van der Waals surface area contributed by atoms with Crippen LogP contribution in [0.25, 0.3) is 0 Å². The summed E-state index contributed by atoms with van der Waals surface area (Å²) in [4.78, 5) is 11.6. The number of likely N-dealkylation sites (N-methyl/N-ethyl adjacent to an activating group) is 1. The first-order chi connectivity index (χ1) is 7.65. The number of hydrogen-bond donors (Lipinski definition) is 1. The first-order valence-corrected chi connectivity index (χ1v) is 5.18. The first-order valence-electron chi connectivity index (χ1n) is 5.18. The van der Waals surface area contributed by atoms with E-state index in [1.54, 1.807) is 14.0 Å². The molecule has 1 aromatic carbocycles. The number of esters is 1. The van der Waals surface area contributed by atoms with Crippen LogP contribution in [0.1, 0.15) is 12.5 Å². The van der Waals surface area contributed by atoms with E-state index in [4.69, 9.17) is 4.74 Å². The number of ether oxygens (including phenoxy) is 1. The monoisotopic (exact) mass is 219 g/mol. The van der Waals surface area contributed by atoms with E-state index in [0.717, 1.165) is 11.1 Å². The lowest BCUT2D eigenvalue weighted by Crippen LogP contribution is -2.36. The molecule has 0 amide bonds. The number of carbonyl (C=O) groups is 1. The summed E-state index contributed by atoms with van der Waals surface area (Å²) in [6.45, 7) is 5.83. The van der Waals surface area contributed by atoms with E-state index in [0.29, 0.717) is 6.61 Å². The minimum Gasteiger partial charge on any atom is -0.459 e. The van der Waals surface area contributed by atoms with Gasteiger partial charge in [-0.25, -0.2) is 4.79 Å². The summed E-state index contributed by atoms with van der Waals surface area (Å²) in [6.07, 6.45) is 0. The fourth-order valence-corrected chi connectivity index (χ4v) is 1.38. The molecule has 0 bridgehead atoms. The Hall–Kier alpha value is -1.61. The molecule has 0 radical (unpaired) electrons. The first kappa shape index (κ1) is 12.5. The Balaban J connectivity index is 2.49. The summed E-state index contributed by atoms with van der Waals surface area (Å²) >= 11 is 0. The number of rotatable bonds is 5. The average molecular weight is 219 g/mol. The molecule has 1 aromatic rings. The molecular formula is C13H17NO2. The van der Waals surface area contributed by atoms with E-state index < -0.39 is 6.04 Å². The Kier molecular flexibility index (Phi) is 4.73. The van der Waals surface area contributed by atoms with Gasteiger partial charge in [-0.1, -0.05) is 42.5 Å². The smallest absolute Gasteiger partial charge is 0.327 e. The molecular weight excluding hydrogens is 202 g/mol. The molecule has 0 aliphatic rings. The van der Waals surface area contributed by atoms with Crippen LogP contribution in [0.3, 0.4) is 0 Å². The van der Waals surface area contributed by atoms with Crippen molar-refractivity contribution in [2.45, 2.75) is 19.6 Å². The Bertz CT molecular complexity index is 359. The van der Waals surface area contributed by atoms with Crippen molar-refractivity contribution in [1.82, 2.24) is 5.32 Å². The summed E-state index contributed by atoms with van der Waals surface area (Å²) in [5, 5.41) is 2.86. The molecule has 0 saturated heterocycles. The predicted molar refractivity (Wildman–Crippen MR) is 63.9 cm³/mol. The van der Waals surface area contributed by atoms with Crippen LogP contribution in [0.15, 0.2) is 42.5 Å². The Morgan fingerprint density at radius 3 is 2.56 bits per heavy atom. The van der Waals surface area contributed by atoms with Gasteiger partial charge in [-0.15, -0.1) is 0 Å². The van der Waals surface area contributed by atoms with Gasteiger partial charge in [0.1, 0.15) is 12.6 Å². The van der Waals surface area contributed by atoms with E-state index >= 15 is 0 Å². The van der Waals surface area contributed by atoms with E-state index in [9.17, 15) is 4.79 Å². The van der Waals surface area contributed by atoms with Crippen LogP contribution in [0.2, 0.25) is 0 Å². The summed E-state index contributed by atoms with van der Waals surface area (Å²) in [5.74, 6) is -0.293. The highest BCUT2D eigenvalue weighted by atomic mass is 16.5. The van der Waals surface area contributed by atoms with Crippen LogP contribution in [-0.4, -0.2) is 19.1 Å². The molecule has 86 valence electrons. The molecule has 0 aliphatic carbocycles. The maximum atomic E-state index is 11.6. The minimum atomic E-state index is -0.427. The third kappa shape index (κ3) is 3.51. The summed E-state index contributed by atoms with van der Waals surface area (Å²) in [6, 6.07) is 9.17. The summed E-state index contributed by atoms with van der Waals surface area (Å²) < 4.78 is 5.18. The number of hydrogen-bond acceptors (Lipinski definition) is 3. The van der Waals surface area contributed by atoms with Gasteiger partial charge in [0, 0.05) is 0 Å². The molecule has 0 aliphatic heterocycles. The molecule has 16 heavy (non-hydrogen) atoms. The van der Waals surface area contributed by atoms with Crippen LogP contribution >= 0.6 is 0 Å². The SMILES string of the molecule is C=C(C)C(NC)C(=O)OCc1ccccc1. The van der Waals surface area contributed by atoms with Crippen molar-refractivity contribution in [3.63, 3.8) is 0 Å². The molecule has 0 heterocycles. The highest BCUT2D eigenvalue weighted by Gasteiger charge is 2.18. The van der Waals surface area contributed by atoms with Crippen molar-refractivity contribution in [3.05, 3.63) is 48.0 Å². The molecule has 1 N–H and O–H groups in total. The Morgan fingerprint density at radius 2 is 2.06 bits per heavy atom. The number of carbonyl (C=O) groups excluding carboxylic acids is 1. The van der Waals surface area contributed by atoms with Crippen molar-refractivity contribution in [2.24, 2.45) is 0 Å². The van der Waals surface area contributed by atoms with E-state index in [-0.39, 0.29) is 5.97 Å². The topological polar surface area (TPSA) is 38.3 Å². The van der Waals surface area contributed by atoms with Gasteiger partial charge in [0.15, 0.2) is 0 Å². The second kappa shape index (κ2) is 6.08. The van der Waals surface area contributed by atoms with Crippen LogP contribution in [0, 0.1) is 0 Å². The standard InChI is InChI=1S/C13H17NO2/c1-10(2)12(14-3)13(15)16-9-11-7-5-4-6-8-11/h4-8,12,14H,1,9H2,2-3H3. The highest BCUT2D eigenvalue weighted by molar-refractivity contribution is 5.79. The predicted octanol–water partition coefficient (Wildman–Crippen LogP) is 1.89. The molecule has 3 heteroatoms. The average Bonchev–Trinajstić information content (AvgIpc) is 2.28. The zero-order valence-electron chi connectivity index (χ0n) is 9.69. The normalized spacial score (nSPS) is 11.9. The van der Waals surface area contributed by atoms with E-state index in [2.05, 4.69) is 11.9 Å². The second-order valence-corrected chi connectivity index (χ2v) is 3.66.